The molecular formula is C23H26N4O2. The van der Waals surface area contributed by atoms with Crippen molar-refractivity contribution in [3.63, 3.8) is 0 Å². The summed E-state index contributed by atoms with van der Waals surface area (Å²) in [5.74, 6) is 2.86. The van der Waals surface area contributed by atoms with Crippen LogP contribution in [0.4, 0.5) is 5.82 Å². The van der Waals surface area contributed by atoms with E-state index in [2.05, 4.69) is 24.3 Å². The van der Waals surface area contributed by atoms with Gasteiger partial charge in [0.2, 0.25) is 0 Å². The molecule has 0 saturated heterocycles. The average Bonchev–Trinajstić information content (AvgIpc) is 3.15. The van der Waals surface area contributed by atoms with Crippen LogP contribution in [0.15, 0.2) is 52.9 Å². The van der Waals surface area contributed by atoms with Crippen LogP contribution >= 0.6 is 0 Å². The molecule has 0 unspecified atom stereocenters. The predicted molar refractivity (Wildman–Crippen MR) is 118 cm³/mol. The summed E-state index contributed by atoms with van der Waals surface area (Å²) in [6.07, 6.45) is 1.02. The lowest BCUT2D eigenvalue weighted by Gasteiger charge is -2.13. The molecule has 0 radical (unpaired) electrons. The van der Waals surface area contributed by atoms with E-state index in [0.717, 1.165) is 52.9 Å². The summed E-state index contributed by atoms with van der Waals surface area (Å²) in [5, 5.41) is 5.47. The molecule has 2 aromatic carbocycles. The summed E-state index contributed by atoms with van der Waals surface area (Å²) in [4.78, 5) is 11.7. The van der Waals surface area contributed by atoms with E-state index in [1.807, 2.05) is 55.5 Å². The van der Waals surface area contributed by atoms with Crippen LogP contribution in [0.3, 0.4) is 0 Å². The van der Waals surface area contributed by atoms with Crippen molar-refractivity contribution < 1.29 is 9.15 Å². The highest BCUT2D eigenvalue weighted by molar-refractivity contribution is 5.92. The number of hydrogen-bond acceptors (Lipinski definition) is 6. The molecule has 6 nitrogen and oxygen atoms in total. The van der Waals surface area contributed by atoms with Gasteiger partial charge in [0.1, 0.15) is 17.2 Å². The fourth-order valence-electron chi connectivity index (χ4n) is 3.30. The molecule has 4 rings (SSSR count). The summed E-state index contributed by atoms with van der Waals surface area (Å²) < 4.78 is 11.7. The molecular weight excluding hydrogens is 364 g/mol. The molecule has 0 bridgehead atoms. The van der Waals surface area contributed by atoms with Gasteiger partial charge in [-0.2, -0.15) is 0 Å². The number of nitrogens with one attached hydrogen (secondary N) is 1. The van der Waals surface area contributed by atoms with Gasteiger partial charge in [-0.25, -0.2) is 9.97 Å². The number of fused-ring (bicyclic) bond motifs is 2. The first kappa shape index (κ1) is 19.2. The molecule has 29 heavy (non-hydrogen) atoms. The topological polar surface area (TPSA) is 63.4 Å². The van der Waals surface area contributed by atoms with Gasteiger partial charge in [0.25, 0.3) is 0 Å². The number of benzene rings is 2. The van der Waals surface area contributed by atoms with Crippen LogP contribution in [0.2, 0.25) is 0 Å². The molecule has 0 aliphatic carbocycles. The molecule has 0 fully saturated rings. The van der Waals surface area contributed by atoms with Crippen LogP contribution in [-0.4, -0.2) is 48.7 Å². The Kier molecular flexibility index (Phi) is 5.62. The maximum atomic E-state index is 5.99. The van der Waals surface area contributed by atoms with Crippen molar-refractivity contribution in [3.05, 3.63) is 48.5 Å². The fourth-order valence-corrected chi connectivity index (χ4v) is 3.30. The van der Waals surface area contributed by atoms with E-state index in [-0.39, 0.29) is 0 Å². The van der Waals surface area contributed by atoms with Crippen molar-refractivity contribution in [1.29, 1.82) is 0 Å². The summed E-state index contributed by atoms with van der Waals surface area (Å²) in [7, 11) is 4.16. The zero-order chi connectivity index (χ0) is 20.2. The maximum Gasteiger partial charge on any atom is 0.198 e. The Morgan fingerprint density at radius 2 is 1.93 bits per heavy atom. The third-order valence-corrected chi connectivity index (χ3v) is 4.70. The zero-order valence-electron chi connectivity index (χ0n) is 17.1. The highest BCUT2D eigenvalue weighted by Gasteiger charge is 2.14. The standard InChI is InChI=1S/C23H26N4O2/c1-4-28-17-10-11-19-18(15-17)22(24-12-7-13-27(2)3)26-23(25-19)21-14-16-8-5-6-9-20(16)29-21/h5-6,8-11,14-15H,4,7,12-13H2,1-3H3,(H,24,25,26). The van der Waals surface area contributed by atoms with Gasteiger partial charge in [0, 0.05) is 17.3 Å². The Morgan fingerprint density at radius 1 is 1.07 bits per heavy atom. The molecule has 4 aromatic rings. The van der Waals surface area contributed by atoms with Crippen LogP contribution < -0.4 is 10.1 Å². The van der Waals surface area contributed by atoms with Gasteiger partial charge in [-0.15, -0.1) is 0 Å². The molecule has 150 valence electrons. The van der Waals surface area contributed by atoms with Crippen LogP contribution in [0.1, 0.15) is 13.3 Å². The quantitative estimate of drug-likeness (QED) is 0.436. The highest BCUT2D eigenvalue weighted by Crippen LogP contribution is 2.31. The molecule has 0 aliphatic rings. The Bertz CT molecular complexity index is 1090. The number of aromatic nitrogens is 2. The Labute approximate surface area is 170 Å². The number of hydrogen-bond donors (Lipinski definition) is 1. The van der Waals surface area contributed by atoms with E-state index in [1.165, 1.54) is 0 Å². The second-order valence-corrected chi connectivity index (χ2v) is 7.24. The van der Waals surface area contributed by atoms with Crippen LogP contribution in [0.5, 0.6) is 5.75 Å². The summed E-state index contributed by atoms with van der Waals surface area (Å²) in [5.41, 5.74) is 1.69. The molecule has 0 atom stereocenters. The summed E-state index contributed by atoms with van der Waals surface area (Å²) in [6, 6.07) is 15.8. The third kappa shape index (κ3) is 4.32. The minimum absolute atomic E-state index is 0.577. The van der Waals surface area contributed by atoms with E-state index < -0.39 is 0 Å². The third-order valence-electron chi connectivity index (χ3n) is 4.70. The van der Waals surface area contributed by atoms with Gasteiger partial charge in [0.05, 0.1) is 12.1 Å². The second-order valence-electron chi connectivity index (χ2n) is 7.24. The Hall–Kier alpha value is -3.12. The molecule has 6 heteroatoms. The number of furan rings is 1. The van der Waals surface area contributed by atoms with E-state index in [0.29, 0.717) is 18.2 Å². The first-order valence-corrected chi connectivity index (χ1v) is 9.96. The minimum Gasteiger partial charge on any atom is -0.494 e. The SMILES string of the molecule is CCOc1ccc2nc(-c3cc4ccccc4o3)nc(NCCCN(C)C)c2c1. The number of ether oxygens (including phenoxy) is 1. The van der Waals surface area contributed by atoms with Crippen LogP contribution in [-0.2, 0) is 0 Å². The Balaban J connectivity index is 1.73. The molecule has 2 aromatic heterocycles. The largest absolute Gasteiger partial charge is 0.494 e. The normalized spacial score (nSPS) is 11.4. The van der Waals surface area contributed by atoms with Crippen molar-refractivity contribution in [2.45, 2.75) is 13.3 Å². The molecule has 0 saturated carbocycles. The summed E-state index contributed by atoms with van der Waals surface area (Å²) >= 11 is 0. The Morgan fingerprint density at radius 3 is 2.72 bits per heavy atom. The monoisotopic (exact) mass is 390 g/mol. The lowest BCUT2D eigenvalue weighted by molar-refractivity contribution is 0.340. The van der Waals surface area contributed by atoms with Gasteiger partial charge in [-0.3, -0.25) is 0 Å². The minimum atomic E-state index is 0.577. The fraction of sp³-hybridized carbons (Fsp3) is 0.304. The van der Waals surface area contributed by atoms with E-state index in [1.54, 1.807) is 0 Å². The van der Waals surface area contributed by atoms with E-state index in [9.17, 15) is 0 Å². The van der Waals surface area contributed by atoms with Crippen LogP contribution in [0.25, 0.3) is 33.5 Å². The van der Waals surface area contributed by atoms with Gasteiger partial charge in [-0.1, -0.05) is 18.2 Å². The second kappa shape index (κ2) is 8.49. The lowest BCUT2D eigenvalue weighted by Crippen LogP contribution is -2.16. The first-order valence-electron chi connectivity index (χ1n) is 9.96. The number of nitrogens with zero attached hydrogens (tertiary/aromatic N) is 3. The van der Waals surface area contributed by atoms with Gasteiger partial charge >= 0.3 is 0 Å². The molecule has 2 heterocycles. The molecule has 1 N–H and O–H groups in total. The van der Waals surface area contributed by atoms with Crippen molar-refractivity contribution in [1.82, 2.24) is 14.9 Å². The van der Waals surface area contributed by atoms with Gasteiger partial charge in [0.15, 0.2) is 11.6 Å². The first-order chi connectivity index (χ1) is 14.1. The zero-order valence-corrected chi connectivity index (χ0v) is 17.1. The highest BCUT2D eigenvalue weighted by atomic mass is 16.5. The lowest BCUT2D eigenvalue weighted by atomic mass is 10.2. The maximum absolute atomic E-state index is 5.99. The smallest absolute Gasteiger partial charge is 0.198 e. The summed E-state index contributed by atoms with van der Waals surface area (Å²) in [6.45, 7) is 4.43. The predicted octanol–water partition coefficient (Wildman–Crippen LogP) is 4.81. The van der Waals surface area contributed by atoms with Crippen LogP contribution in [0, 0.1) is 0 Å². The van der Waals surface area contributed by atoms with Crippen molar-refractivity contribution in [2.24, 2.45) is 0 Å². The van der Waals surface area contributed by atoms with Crippen molar-refractivity contribution >= 4 is 27.7 Å². The van der Waals surface area contributed by atoms with Gasteiger partial charge in [-0.05, 0) is 64.3 Å². The average molecular weight is 390 g/mol. The van der Waals surface area contributed by atoms with Gasteiger partial charge < -0.3 is 19.4 Å². The van der Waals surface area contributed by atoms with Crippen molar-refractivity contribution in [2.75, 3.05) is 39.1 Å². The molecule has 0 amide bonds. The number of anilines is 1. The number of para-hydroxylation sites is 1. The van der Waals surface area contributed by atoms with E-state index >= 15 is 0 Å². The van der Waals surface area contributed by atoms with Crippen molar-refractivity contribution in [3.8, 4) is 17.3 Å². The molecule has 0 aliphatic heterocycles. The molecule has 0 spiro atoms. The van der Waals surface area contributed by atoms with E-state index in [4.69, 9.17) is 19.1 Å². The number of rotatable bonds is 8.